The molecule has 4 rings (SSSR count). The lowest BCUT2D eigenvalue weighted by Gasteiger charge is -2.23. The number of benzene rings is 2. The maximum absolute atomic E-state index is 12.9. The van der Waals surface area contributed by atoms with E-state index >= 15 is 0 Å². The summed E-state index contributed by atoms with van der Waals surface area (Å²) >= 11 is 1.40. The first-order valence-corrected chi connectivity index (χ1v) is 10.6. The van der Waals surface area contributed by atoms with Gasteiger partial charge in [0.05, 0.1) is 5.69 Å². The highest BCUT2D eigenvalue weighted by atomic mass is 32.1. The summed E-state index contributed by atoms with van der Waals surface area (Å²) in [5.41, 5.74) is 4.89. The van der Waals surface area contributed by atoms with Gasteiger partial charge in [-0.3, -0.25) is 9.59 Å². The second-order valence-corrected chi connectivity index (χ2v) is 8.23. The third kappa shape index (κ3) is 4.07. The van der Waals surface area contributed by atoms with Crippen molar-refractivity contribution in [3.63, 3.8) is 0 Å². The minimum absolute atomic E-state index is 0.0987. The minimum Gasteiger partial charge on any atom is -0.327 e. The van der Waals surface area contributed by atoms with Crippen LogP contribution in [0.3, 0.4) is 0 Å². The van der Waals surface area contributed by atoms with E-state index in [1.54, 1.807) is 17.0 Å². The van der Waals surface area contributed by atoms with E-state index in [1.807, 2.05) is 23.6 Å². The van der Waals surface area contributed by atoms with Gasteiger partial charge in [0.1, 0.15) is 6.04 Å². The van der Waals surface area contributed by atoms with E-state index in [4.69, 9.17) is 0 Å². The number of rotatable bonds is 4. The Hall–Kier alpha value is -2.99. The Labute approximate surface area is 174 Å². The lowest BCUT2D eigenvalue weighted by atomic mass is 10.0. The third-order valence-electron chi connectivity index (χ3n) is 5.23. The molecule has 0 spiro atoms. The molecule has 1 atom stereocenters. The fourth-order valence-corrected chi connectivity index (χ4v) is 4.49. The highest BCUT2D eigenvalue weighted by molar-refractivity contribution is 7.14. The quantitative estimate of drug-likeness (QED) is 0.686. The van der Waals surface area contributed by atoms with Gasteiger partial charge in [0.25, 0.3) is 5.91 Å². The van der Waals surface area contributed by atoms with E-state index in [9.17, 15) is 9.59 Å². The number of thiazole rings is 1. The average Bonchev–Trinajstić information content (AvgIpc) is 3.38. The number of amides is 2. The van der Waals surface area contributed by atoms with Gasteiger partial charge in [-0.25, -0.2) is 4.98 Å². The van der Waals surface area contributed by atoms with Gasteiger partial charge < -0.3 is 10.2 Å². The van der Waals surface area contributed by atoms with Crippen molar-refractivity contribution in [2.75, 3.05) is 11.9 Å². The Morgan fingerprint density at radius 1 is 1.14 bits per heavy atom. The molecule has 0 saturated carbocycles. The summed E-state index contributed by atoms with van der Waals surface area (Å²) in [6, 6.07) is 14.9. The number of likely N-dealkylation sites (tertiary alicyclic amines) is 1. The van der Waals surface area contributed by atoms with Gasteiger partial charge in [-0.1, -0.05) is 42.0 Å². The van der Waals surface area contributed by atoms with Crippen LogP contribution in [0.25, 0.3) is 11.3 Å². The molecule has 0 aliphatic carbocycles. The fourth-order valence-electron chi connectivity index (χ4n) is 3.77. The van der Waals surface area contributed by atoms with Crippen LogP contribution in [0.4, 0.5) is 5.13 Å². The lowest BCUT2D eigenvalue weighted by molar-refractivity contribution is -0.119. The zero-order valence-corrected chi connectivity index (χ0v) is 17.3. The Morgan fingerprint density at radius 3 is 2.69 bits per heavy atom. The molecule has 2 aromatic carbocycles. The van der Waals surface area contributed by atoms with Crippen LogP contribution in [-0.4, -0.2) is 34.3 Å². The molecule has 3 aromatic rings. The van der Waals surface area contributed by atoms with Crippen molar-refractivity contribution in [1.82, 2.24) is 9.88 Å². The van der Waals surface area contributed by atoms with Gasteiger partial charge in [-0.2, -0.15) is 0 Å². The van der Waals surface area contributed by atoms with E-state index in [2.05, 4.69) is 42.3 Å². The number of anilines is 1. The maximum Gasteiger partial charge on any atom is 0.254 e. The molecule has 1 unspecified atom stereocenters. The summed E-state index contributed by atoms with van der Waals surface area (Å²) in [6.07, 6.45) is 1.49. The highest BCUT2D eigenvalue weighted by Crippen LogP contribution is 2.29. The summed E-state index contributed by atoms with van der Waals surface area (Å²) in [7, 11) is 0. The highest BCUT2D eigenvalue weighted by Gasteiger charge is 2.34. The third-order valence-corrected chi connectivity index (χ3v) is 5.99. The summed E-state index contributed by atoms with van der Waals surface area (Å²) < 4.78 is 0. The van der Waals surface area contributed by atoms with Gasteiger partial charge in [0.15, 0.2) is 5.13 Å². The first-order valence-electron chi connectivity index (χ1n) is 9.73. The topological polar surface area (TPSA) is 62.3 Å². The zero-order valence-electron chi connectivity index (χ0n) is 16.5. The molecule has 5 nitrogen and oxygen atoms in total. The predicted octanol–water partition coefficient (Wildman–Crippen LogP) is 4.67. The SMILES string of the molecule is Cc1ccc(-c2csc(NC(=O)C3CCCN3C(=O)c3ccccc3)n2)c(C)c1. The number of nitrogens with zero attached hydrogens (tertiary/aromatic N) is 2. The van der Waals surface area contributed by atoms with Crippen molar-refractivity contribution < 1.29 is 9.59 Å². The van der Waals surface area contributed by atoms with Crippen LogP contribution in [0.1, 0.15) is 34.3 Å². The molecular weight excluding hydrogens is 382 g/mol. The second-order valence-electron chi connectivity index (χ2n) is 7.37. The van der Waals surface area contributed by atoms with E-state index in [-0.39, 0.29) is 11.8 Å². The number of nitrogens with one attached hydrogen (secondary N) is 1. The molecule has 1 aliphatic rings. The first-order chi connectivity index (χ1) is 14.0. The number of aromatic nitrogens is 1. The largest absolute Gasteiger partial charge is 0.327 e. The normalized spacial score (nSPS) is 16.1. The van der Waals surface area contributed by atoms with E-state index in [1.165, 1.54) is 16.9 Å². The summed E-state index contributed by atoms with van der Waals surface area (Å²) in [5, 5.41) is 5.43. The van der Waals surface area contributed by atoms with Crippen molar-refractivity contribution in [3.8, 4) is 11.3 Å². The Kier molecular flexibility index (Phi) is 5.45. The molecule has 2 heterocycles. The maximum atomic E-state index is 12.9. The zero-order chi connectivity index (χ0) is 20.4. The van der Waals surface area contributed by atoms with Gasteiger partial charge >= 0.3 is 0 Å². The van der Waals surface area contributed by atoms with Crippen LogP contribution in [0.2, 0.25) is 0 Å². The Balaban J connectivity index is 1.48. The molecular formula is C23H23N3O2S. The van der Waals surface area contributed by atoms with Crippen molar-refractivity contribution in [2.45, 2.75) is 32.7 Å². The Morgan fingerprint density at radius 2 is 1.93 bits per heavy atom. The smallest absolute Gasteiger partial charge is 0.254 e. The van der Waals surface area contributed by atoms with E-state index < -0.39 is 6.04 Å². The van der Waals surface area contributed by atoms with Crippen molar-refractivity contribution in [3.05, 3.63) is 70.6 Å². The fraction of sp³-hybridized carbons (Fsp3) is 0.261. The van der Waals surface area contributed by atoms with Crippen LogP contribution >= 0.6 is 11.3 Å². The van der Waals surface area contributed by atoms with Gasteiger partial charge in [-0.15, -0.1) is 11.3 Å². The van der Waals surface area contributed by atoms with Gasteiger partial charge in [0, 0.05) is 23.1 Å². The number of hydrogen-bond donors (Lipinski definition) is 1. The number of carbonyl (C=O) groups excluding carboxylic acids is 2. The van der Waals surface area contributed by atoms with Crippen molar-refractivity contribution in [1.29, 1.82) is 0 Å². The monoisotopic (exact) mass is 405 g/mol. The van der Waals surface area contributed by atoms with Crippen LogP contribution < -0.4 is 5.32 Å². The summed E-state index contributed by atoms with van der Waals surface area (Å²) in [4.78, 5) is 31.9. The molecule has 0 radical (unpaired) electrons. The molecule has 1 aliphatic heterocycles. The molecule has 0 bridgehead atoms. The Bertz CT molecular complexity index is 1050. The van der Waals surface area contributed by atoms with Crippen LogP contribution in [-0.2, 0) is 4.79 Å². The minimum atomic E-state index is -0.462. The first kappa shape index (κ1) is 19.3. The molecule has 2 amide bonds. The molecule has 29 heavy (non-hydrogen) atoms. The molecule has 6 heteroatoms. The average molecular weight is 406 g/mol. The van der Waals surface area contributed by atoms with Crippen molar-refractivity contribution in [2.24, 2.45) is 0 Å². The van der Waals surface area contributed by atoms with Gasteiger partial charge in [0.2, 0.25) is 5.91 Å². The summed E-state index contributed by atoms with van der Waals surface area (Å²) in [5.74, 6) is -0.272. The number of carbonyl (C=O) groups is 2. The van der Waals surface area contributed by atoms with Crippen molar-refractivity contribution >= 4 is 28.3 Å². The van der Waals surface area contributed by atoms with E-state index in [0.717, 1.165) is 23.2 Å². The molecule has 1 fully saturated rings. The van der Waals surface area contributed by atoms with Crippen LogP contribution in [0.5, 0.6) is 0 Å². The summed E-state index contributed by atoms with van der Waals surface area (Å²) in [6.45, 7) is 4.72. The number of aryl methyl sites for hydroxylation is 2. The molecule has 1 N–H and O–H groups in total. The predicted molar refractivity (Wildman–Crippen MR) is 116 cm³/mol. The lowest BCUT2D eigenvalue weighted by Crippen LogP contribution is -2.43. The molecule has 1 aromatic heterocycles. The van der Waals surface area contributed by atoms with Gasteiger partial charge in [-0.05, 0) is 44.4 Å². The molecule has 1 saturated heterocycles. The second kappa shape index (κ2) is 8.17. The van der Waals surface area contributed by atoms with Crippen LogP contribution in [0, 0.1) is 13.8 Å². The van der Waals surface area contributed by atoms with E-state index in [0.29, 0.717) is 23.7 Å². The standard InChI is InChI=1S/C23H23N3O2S/c1-15-10-11-18(16(2)13-15)19-14-29-23(24-19)25-21(27)20-9-6-12-26(20)22(28)17-7-4-3-5-8-17/h3-5,7-8,10-11,13-14,20H,6,9,12H2,1-2H3,(H,24,25,27). The number of hydrogen-bond acceptors (Lipinski definition) is 4. The van der Waals surface area contributed by atoms with Crippen LogP contribution in [0.15, 0.2) is 53.9 Å². The molecule has 148 valence electrons.